The highest BCUT2D eigenvalue weighted by Crippen LogP contribution is 2.32. The summed E-state index contributed by atoms with van der Waals surface area (Å²) >= 11 is 0. The molecule has 27 heavy (non-hydrogen) atoms. The third kappa shape index (κ3) is 4.76. The number of anilines is 1. The van der Waals surface area contributed by atoms with Crippen LogP contribution in [0.5, 0.6) is 0 Å². The molecule has 0 unspecified atom stereocenters. The number of hydrogen-bond donors (Lipinski definition) is 1. The van der Waals surface area contributed by atoms with Crippen LogP contribution < -0.4 is 5.32 Å². The van der Waals surface area contributed by atoms with Crippen molar-refractivity contribution in [3.05, 3.63) is 43.0 Å². The number of piperazine rings is 1. The van der Waals surface area contributed by atoms with E-state index in [1.807, 2.05) is 35.2 Å². The molecule has 6 heteroatoms. The van der Waals surface area contributed by atoms with Crippen LogP contribution in [0.1, 0.15) is 19.3 Å². The highest BCUT2D eigenvalue weighted by molar-refractivity contribution is 5.92. The fraction of sp³-hybridized carbons (Fsp3) is 0.524. The number of hydrogen-bond acceptors (Lipinski definition) is 4. The van der Waals surface area contributed by atoms with Gasteiger partial charge in [-0.25, -0.2) is 0 Å². The lowest BCUT2D eigenvalue weighted by molar-refractivity contribution is -0.130. The summed E-state index contributed by atoms with van der Waals surface area (Å²) < 4.78 is 0. The van der Waals surface area contributed by atoms with Crippen LogP contribution in [0, 0.1) is 0 Å². The van der Waals surface area contributed by atoms with Gasteiger partial charge in [0, 0.05) is 50.4 Å². The number of nitrogens with zero attached hydrogens (tertiary/aromatic N) is 3. The van der Waals surface area contributed by atoms with Gasteiger partial charge in [-0.15, -0.1) is 6.58 Å². The largest absolute Gasteiger partial charge is 0.339 e. The average Bonchev–Trinajstić information content (AvgIpc) is 2.81. The van der Waals surface area contributed by atoms with E-state index >= 15 is 0 Å². The molecular formula is C21H30N4O2. The zero-order valence-electron chi connectivity index (χ0n) is 16.2. The molecule has 2 aliphatic heterocycles. The summed E-state index contributed by atoms with van der Waals surface area (Å²) in [6, 6.07) is 9.56. The molecule has 2 aliphatic rings. The topological polar surface area (TPSA) is 55.9 Å². The first kappa shape index (κ1) is 19.6. The van der Waals surface area contributed by atoms with E-state index in [9.17, 15) is 9.59 Å². The van der Waals surface area contributed by atoms with Crippen LogP contribution in [-0.2, 0) is 9.59 Å². The summed E-state index contributed by atoms with van der Waals surface area (Å²) in [6.45, 7) is 8.10. The molecule has 1 spiro atoms. The lowest BCUT2D eigenvalue weighted by Gasteiger charge is -2.49. The number of likely N-dealkylation sites (N-methyl/N-ethyl adjacent to an activating group) is 1. The highest BCUT2D eigenvalue weighted by atomic mass is 16.2. The molecular weight excluding hydrogens is 340 g/mol. The summed E-state index contributed by atoms with van der Waals surface area (Å²) in [6.07, 6.45) is 4.12. The predicted molar refractivity (Wildman–Crippen MR) is 108 cm³/mol. The minimum Gasteiger partial charge on any atom is -0.339 e. The lowest BCUT2D eigenvalue weighted by Crippen LogP contribution is -2.61. The van der Waals surface area contributed by atoms with Gasteiger partial charge in [-0.2, -0.15) is 0 Å². The van der Waals surface area contributed by atoms with Gasteiger partial charge < -0.3 is 10.2 Å². The third-order valence-electron chi connectivity index (χ3n) is 5.86. The molecule has 1 aromatic rings. The Morgan fingerprint density at radius 2 is 2.00 bits per heavy atom. The molecule has 3 rings (SSSR count). The fourth-order valence-corrected chi connectivity index (χ4v) is 4.18. The van der Waals surface area contributed by atoms with Gasteiger partial charge in [0.05, 0.1) is 6.54 Å². The highest BCUT2D eigenvalue weighted by Gasteiger charge is 2.42. The fourth-order valence-electron chi connectivity index (χ4n) is 4.18. The van der Waals surface area contributed by atoms with Crippen molar-refractivity contribution in [2.45, 2.75) is 24.8 Å². The van der Waals surface area contributed by atoms with Gasteiger partial charge in [0.2, 0.25) is 11.8 Å². The van der Waals surface area contributed by atoms with Gasteiger partial charge in [0.1, 0.15) is 0 Å². The number of carbonyl (C=O) groups is 2. The van der Waals surface area contributed by atoms with Gasteiger partial charge in [0.15, 0.2) is 0 Å². The third-order valence-corrected chi connectivity index (χ3v) is 5.86. The number of rotatable bonds is 5. The smallest absolute Gasteiger partial charge is 0.238 e. The van der Waals surface area contributed by atoms with E-state index in [-0.39, 0.29) is 17.4 Å². The lowest BCUT2D eigenvalue weighted by atomic mass is 9.86. The Morgan fingerprint density at radius 3 is 2.74 bits per heavy atom. The van der Waals surface area contributed by atoms with E-state index in [0.717, 1.165) is 44.7 Å². The maximum Gasteiger partial charge on any atom is 0.238 e. The molecule has 2 saturated heterocycles. The van der Waals surface area contributed by atoms with Crippen molar-refractivity contribution in [3.8, 4) is 0 Å². The number of nitrogens with one attached hydrogen (secondary N) is 1. The maximum absolute atomic E-state index is 12.5. The molecule has 2 fully saturated rings. The molecule has 0 saturated carbocycles. The van der Waals surface area contributed by atoms with Gasteiger partial charge in [-0.05, 0) is 32.0 Å². The summed E-state index contributed by atoms with van der Waals surface area (Å²) in [7, 11) is 2.15. The van der Waals surface area contributed by atoms with Gasteiger partial charge in [-0.3, -0.25) is 19.4 Å². The Kier molecular flexibility index (Phi) is 6.29. The number of amides is 2. The molecule has 6 nitrogen and oxygen atoms in total. The molecule has 2 amide bonds. The van der Waals surface area contributed by atoms with Crippen LogP contribution in [0.2, 0.25) is 0 Å². The Balaban J connectivity index is 1.62. The van der Waals surface area contributed by atoms with Crippen LogP contribution >= 0.6 is 0 Å². The predicted octanol–water partition coefficient (Wildman–Crippen LogP) is 1.81. The molecule has 2 heterocycles. The van der Waals surface area contributed by atoms with E-state index in [4.69, 9.17) is 0 Å². The standard InChI is InChI=1S/C21H30N4O2/c1-3-12-25-13-11-21(10-9-20(25)27)17-24(15-14-23(21)2)16-19(26)22-18-7-5-4-6-8-18/h3-8H,1,9-17H2,2H3,(H,22,26)/t21-/m0/s1. The van der Waals surface area contributed by atoms with Crippen LogP contribution in [0.25, 0.3) is 0 Å². The number of carbonyl (C=O) groups excluding carboxylic acids is 2. The zero-order valence-corrected chi connectivity index (χ0v) is 16.2. The Labute approximate surface area is 161 Å². The van der Waals surface area contributed by atoms with Crippen molar-refractivity contribution in [2.75, 3.05) is 51.6 Å². The molecule has 1 atom stereocenters. The van der Waals surface area contributed by atoms with Gasteiger partial charge in [0.25, 0.3) is 0 Å². The minimum absolute atomic E-state index is 0.0129. The summed E-state index contributed by atoms with van der Waals surface area (Å²) in [5, 5.41) is 2.97. The molecule has 0 radical (unpaired) electrons. The molecule has 1 N–H and O–H groups in total. The number of para-hydroxylation sites is 1. The van der Waals surface area contributed by atoms with E-state index < -0.39 is 0 Å². The maximum atomic E-state index is 12.5. The molecule has 146 valence electrons. The molecule has 1 aromatic carbocycles. The Morgan fingerprint density at radius 1 is 1.22 bits per heavy atom. The van der Waals surface area contributed by atoms with Crippen LogP contribution in [0.3, 0.4) is 0 Å². The second-order valence-corrected chi connectivity index (χ2v) is 7.65. The SMILES string of the molecule is C=CCN1CC[C@@]2(CCC1=O)CN(CC(=O)Nc1ccccc1)CCN2C. The first-order valence-electron chi connectivity index (χ1n) is 9.69. The van der Waals surface area contributed by atoms with Crippen molar-refractivity contribution >= 4 is 17.5 Å². The summed E-state index contributed by atoms with van der Waals surface area (Å²) in [5.41, 5.74) is 0.781. The van der Waals surface area contributed by atoms with Crippen LogP contribution in [0.15, 0.2) is 43.0 Å². The first-order chi connectivity index (χ1) is 13.0. The van der Waals surface area contributed by atoms with Crippen LogP contribution in [0.4, 0.5) is 5.69 Å². The monoisotopic (exact) mass is 370 g/mol. The molecule has 0 bridgehead atoms. The first-order valence-corrected chi connectivity index (χ1v) is 9.69. The van der Waals surface area contributed by atoms with Crippen molar-refractivity contribution in [2.24, 2.45) is 0 Å². The molecule has 0 aromatic heterocycles. The second-order valence-electron chi connectivity index (χ2n) is 7.65. The number of benzene rings is 1. The van der Waals surface area contributed by atoms with E-state index in [1.54, 1.807) is 6.08 Å². The molecule has 0 aliphatic carbocycles. The minimum atomic E-state index is -0.0448. The normalized spacial score (nSPS) is 24.6. The zero-order chi connectivity index (χ0) is 19.3. The van der Waals surface area contributed by atoms with Gasteiger partial charge >= 0.3 is 0 Å². The summed E-state index contributed by atoms with van der Waals surface area (Å²) in [5.74, 6) is 0.220. The van der Waals surface area contributed by atoms with E-state index in [0.29, 0.717) is 19.5 Å². The van der Waals surface area contributed by atoms with Crippen molar-refractivity contribution in [1.82, 2.24) is 14.7 Å². The second kappa shape index (κ2) is 8.67. The van der Waals surface area contributed by atoms with Crippen molar-refractivity contribution in [3.63, 3.8) is 0 Å². The average molecular weight is 370 g/mol. The quantitative estimate of drug-likeness (QED) is 0.803. The van der Waals surface area contributed by atoms with Crippen molar-refractivity contribution in [1.29, 1.82) is 0 Å². The Hall–Kier alpha value is -2.18. The van der Waals surface area contributed by atoms with E-state index in [2.05, 4.69) is 28.7 Å². The Bertz CT molecular complexity index is 678. The van der Waals surface area contributed by atoms with E-state index in [1.165, 1.54) is 0 Å². The summed E-state index contributed by atoms with van der Waals surface area (Å²) in [4.78, 5) is 31.4. The van der Waals surface area contributed by atoms with Crippen molar-refractivity contribution < 1.29 is 9.59 Å². The van der Waals surface area contributed by atoms with Crippen LogP contribution in [-0.4, -0.2) is 78.4 Å². The van der Waals surface area contributed by atoms with Gasteiger partial charge in [-0.1, -0.05) is 24.3 Å². The number of likely N-dealkylation sites (tertiary alicyclic amines) is 1.